The fourth-order valence-electron chi connectivity index (χ4n) is 4.21. The molecule has 2 N–H and O–H groups in total. The van der Waals surface area contributed by atoms with E-state index in [0.717, 1.165) is 12.8 Å². The maximum Gasteiger partial charge on any atom is 0.307 e. The Hall–Kier alpha value is -2.04. The summed E-state index contributed by atoms with van der Waals surface area (Å²) in [7, 11) is 0. The van der Waals surface area contributed by atoms with Gasteiger partial charge in [0.2, 0.25) is 0 Å². The average Bonchev–Trinajstić information content (AvgIpc) is 2.75. The number of unbranched alkanes of at least 4 members (excludes halogenated alkanes) is 15. The molecule has 0 radical (unpaired) electrons. The average molecular weight is 463 g/mol. The Morgan fingerprint density at radius 2 is 0.970 bits per heavy atom. The molecule has 0 aliphatic carbocycles. The van der Waals surface area contributed by atoms with Gasteiger partial charge in [0.05, 0.1) is 19.4 Å². The van der Waals surface area contributed by atoms with Crippen LogP contribution in [0.5, 0.6) is 5.75 Å². The summed E-state index contributed by atoms with van der Waals surface area (Å²) in [6, 6.07) is 5.03. The highest BCUT2D eigenvalue weighted by molar-refractivity contribution is 5.72. The van der Waals surface area contributed by atoms with Crippen molar-refractivity contribution in [1.82, 2.24) is 0 Å². The first-order valence-electron chi connectivity index (χ1n) is 13.2. The lowest BCUT2D eigenvalue weighted by molar-refractivity contribution is -0.137. The Kier molecular flexibility index (Phi) is 17.1. The molecule has 5 nitrogen and oxygen atoms in total. The fourth-order valence-corrected chi connectivity index (χ4v) is 4.21. The predicted molar refractivity (Wildman–Crippen MR) is 134 cm³/mol. The van der Waals surface area contributed by atoms with Crippen molar-refractivity contribution in [3.05, 3.63) is 29.3 Å². The molecule has 0 atom stereocenters. The van der Waals surface area contributed by atoms with Gasteiger partial charge in [-0.1, -0.05) is 109 Å². The van der Waals surface area contributed by atoms with Crippen molar-refractivity contribution >= 4 is 11.9 Å². The van der Waals surface area contributed by atoms with Crippen molar-refractivity contribution in [3.63, 3.8) is 0 Å². The van der Waals surface area contributed by atoms with E-state index in [1.54, 1.807) is 18.2 Å². The first-order valence-corrected chi connectivity index (χ1v) is 13.2. The summed E-state index contributed by atoms with van der Waals surface area (Å²) >= 11 is 0. The first-order chi connectivity index (χ1) is 16.0. The van der Waals surface area contributed by atoms with Crippen LogP contribution in [0.25, 0.3) is 0 Å². The molecule has 0 aromatic heterocycles. The lowest BCUT2D eigenvalue weighted by Gasteiger charge is -2.10. The monoisotopic (exact) mass is 462 g/mol. The topological polar surface area (TPSA) is 83.8 Å². The summed E-state index contributed by atoms with van der Waals surface area (Å²) in [6.45, 7) is 2.84. The minimum absolute atomic E-state index is 0.136. The number of ether oxygens (including phenoxy) is 1. The van der Waals surface area contributed by atoms with Gasteiger partial charge < -0.3 is 14.9 Å². The van der Waals surface area contributed by atoms with Gasteiger partial charge in [0.15, 0.2) is 0 Å². The molecule has 0 spiro atoms. The zero-order valence-corrected chi connectivity index (χ0v) is 20.8. The third-order valence-electron chi connectivity index (χ3n) is 6.00. The summed E-state index contributed by atoms with van der Waals surface area (Å²) in [4.78, 5) is 22.0. The van der Waals surface area contributed by atoms with Crippen LogP contribution in [0.1, 0.15) is 121 Å². The number of aliphatic carboxylic acids is 2. The third-order valence-corrected chi connectivity index (χ3v) is 6.00. The quantitative estimate of drug-likeness (QED) is 0.173. The molecule has 33 heavy (non-hydrogen) atoms. The van der Waals surface area contributed by atoms with Crippen molar-refractivity contribution in [2.75, 3.05) is 6.61 Å². The molecule has 5 heteroatoms. The molecule has 0 saturated carbocycles. The smallest absolute Gasteiger partial charge is 0.307 e. The van der Waals surface area contributed by atoms with Crippen molar-refractivity contribution in [1.29, 1.82) is 0 Å². The standard InChI is InChI=1S/C28H46O5/c1-2-3-4-5-6-7-8-9-10-11-12-13-14-15-16-17-18-33-26-20-24(22-27(29)30)19-25(21-26)23-28(31)32/h19-21H,2-18,22-23H2,1H3,(H,29,30)(H,31,32). The summed E-state index contributed by atoms with van der Waals surface area (Å²) in [5.41, 5.74) is 1.14. The number of carbonyl (C=O) groups is 2. The highest BCUT2D eigenvalue weighted by Crippen LogP contribution is 2.20. The summed E-state index contributed by atoms with van der Waals surface area (Å²) in [5, 5.41) is 18.0. The van der Waals surface area contributed by atoms with E-state index in [2.05, 4.69) is 6.92 Å². The number of benzene rings is 1. The van der Waals surface area contributed by atoms with Crippen molar-refractivity contribution in [2.45, 2.75) is 122 Å². The van der Waals surface area contributed by atoms with E-state index in [9.17, 15) is 9.59 Å². The SMILES string of the molecule is CCCCCCCCCCCCCCCCCCOc1cc(CC(=O)O)cc(CC(=O)O)c1. The van der Waals surface area contributed by atoms with Crippen LogP contribution in [0, 0.1) is 0 Å². The molecule has 0 aliphatic rings. The van der Waals surface area contributed by atoms with E-state index in [4.69, 9.17) is 14.9 Å². The van der Waals surface area contributed by atoms with E-state index in [0.29, 0.717) is 23.5 Å². The van der Waals surface area contributed by atoms with Gasteiger partial charge >= 0.3 is 11.9 Å². The van der Waals surface area contributed by atoms with Gasteiger partial charge in [-0.25, -0.2) is 0 Å². The van der Waals surface area contributed by atoms with E-state index in [1.807, 2.05) is 0 Å². The van der Waals surface area contributed by atoms with Crippen LogP contribution in [0.2, 0.25) is 0 Å². The second kappa shape index (κ2) is 19.4. The van der Waals surface area contributed by atoms with Gasteiger partial charge in [-0.3, -0.25) is 9.59 Å². The minimum atomic E-state index is -0.939. The Balaban J connectivity index is 2.03. The second-order valence-electron chi connectivity index (χ2n) is 9.28. The second-order valence-corrected chi connectivity index (χ2v) is 9.28. The largest absolute Gasteiger partial charge is 0.494 e. The van der Waals surface area contributed by atoms with Crippen LogP contribution >= 0.6 is 0 Å². The zero-order chi connectivity index (χ0) is 24.2. The highest BCUT2D eigenvalue weighted by atomic mass is 16.5. The maximum atomic E-state index is 11.0. The molecule has 0 amide bonds. The van der Waals surface area contributed by atoms with Crippen molar-refractivity contribution < 1.29 is 24.5 Å². The molecule has 188 valence electrons. The van der Waals surface area contributed by atoms with Gasteiger partial charge in [0.1, 0.15) is 5.75 Å². The number of hydrogen-bond acceptors (Lipinski definition) is 3. The van der Waals surface area contributed by atoms with E-state index < -0.39 is 11.9 Å². The normalized spacial score (nSPS) is 10.9. The summed E-state index contributed by atoms with van der Waals surface area (Å²) < 4.78 is 5.78. The van der Waals surface area contributed by atoms with Gasteiger partial charge in [-0.05, 0) is 29.7 Å². The fraction of sp³-hybridized carbons (Fsp3) is 0.714. The Bertz CT molecular complexity index is 621. The molecule has 1 aromatic carbocycles. The minimum Gasteiger partial charge on any atom is -0.494 e. The van der Waals surface area contributed by atoms with Gasteiger partial charge in [0, 0.05) is 0 Å². The van der Waals surface area contributed by atoms with E-state index in [-0.39, 0.29) is 12.8 Å². The first kappa shape index (κ1) is 29.0. The lowest BCUT2D eigenvalue weighted by atomic mass is 10.0. The molecule has 0 bridgehead atoms. The molecule has 0 unspecified atom stereocenters. The van der Waals surface area contributed by atoms with Crippen molar-refractivity contribution in [3.8, 4) is 5.75 Å². The lowest BCUT2D eigenvalue weighted by Crippen LogP contribution is -2.05. The van der Waals surface area contributed by atoms with Crippen LogP contribution in [-0.2, 0) is 22.4 Å². The van der Waals surface area contributed by atoms with Gasteiger partial charge in [-0.15, -0.1) is 0 Å². The van der Waals surface area contributed by atoms with Gasteiger partial charge in [0.25, 0.3) is 0 Å². The summed E-state index contributed by atoms with van der Waals surface area (Å²) in [6.07, 6.45) is 20.9. The predicted octanol–water partition coefficient (Wildman–Crippen LogP) is 7.58. The molecule has 0 heterocycles. The molecule has 1 rings (SSSR count). The molecule has 0 saturated heterocycles. The van der Waals surface area contributed by atoms with Crippen LogP contribution in [0.4, 0.5) is 0 Å². The van der Waals surface area contributed by atoms with E-state index >= 15 is 0 Å². The van der Waals surface area contributed by atoms with Crippen LogP contribution < -0.4 is 4.74 Å². The Morgan fingerprint density at radius 3 is 1.33 bits per heavy atom. The molecular weight excluding hydrogens is 416 g/mol. The van der Waals surface area contributed by atoms with E-state index in [1.165, 1.54) is 89.9 Å². The number of rotatable bonds is 22. The Morgan fingerprint density at radius 1 is 0.606 bits per heavy atom. The van der Waals surface area contributed by atoms with Crippen LogP contribution in [0.3, 0.4) is 0 Å². The van der Waals surface area contributed by atoms with Crippen LogP contribution in [-0.4, -0.2) is 28.8 Å². The number of carboxylic acid groups (broad SMARTS) is 2. The number of hydrogen-bond donors (Lipinski definition) is 2. The molecule has 1 aromatic rings. The number of carboxylic acids is 2. The molecular formula is C28H46O5. The Labute approximate surface area is 200 Å². The maximum absolute atomic E-state index is 11.0. The van der Waals surface area contributed by atoms with Crippen molar-refractivity contribution in [2.24, 2.45) is 0 Å². The molecule has 0 fully saturated rings. The zero-order valence-electron chi connectivity index (χ0n) is 20.8. The highest BCUT2D eigenvalue weighted by Gasteiger charge is 2.08. The van der Waals surface area contributed by atoms with Crippen LogP contribution in [0.15, 0.2) is 18.2 Å². The van der Waals surface area contributed by atoms with Gasteiger partial charge in [-0.2, -0.15) is 0 Å². The summed E-state index contributed by atoms with van der Waals surface area (Å²) in [5.74, 6) is -1.32. The third kappa shape index (κ3) is 17.1. The molecule has 0 aliphatic heterocycles.